The van der Waals surface area contributed by atoms with Crippen molar-refractivity contribution in [2.75, 3.05) is 0 Å². The van der Waals surface area contributed by atoms with Gasteiger partial charge < -0.3 is 4.57 Å². The molecule has 3 heterocycles. The summed E-state index contributed by atoms with van der Waals surface area (Å²) in [5.41, 5.74) is 1.57. The summed E-state index contributed by atoms with van der Waals surface area (Å²) in [7, 11) is 0. The monoisotopic (exact) mass is 294 g/mol. The number of hydrogen-bond donors (Lipinski definition) is 0. The number of nitrogens with zero attached hydrogens (tertiary/aromatic N) is 4. The lowest BCUT2D eigenvalue weighted by Crippen LogP contribution is -2.17. The van der Waals surface area contributed by atoms with Crippen molar-refractivity contribution < 1.29 is 0 Å². The number of hydrogen-bond acceptors (Lipinski definition) is 4. The van der Waals surface area contributed by atoms with Crippen LogP contribution in [0.2, 0.25) is 4.47 Å². The van der Waals surface area contributed by atoms with Crippen LogP contribution in [0.15, 0.2) is 29.3 Å². The Morgan fingerprint density at radius 2 is 2.32 bits per heavy atom. The summed E-state index contributed by atoms with van der Waals surface area (Å²) in [6, 6.07) is 3.45. The van der Waals surface area contributed by atoms with E-state index in [9.17, 15) is 4.79 Å². The van der Waals surface area contributed by atoms with Gasteiger partial charge in [0, 0.05) is 29.4 Å². The van der Waals surface area contributed by atoms with E-state index in [1.807, 2.05) is 17.6 Å². The maximum absolute atomic E-state index is 11.8. The molecule has 0 N–H and O–H groups in total. The molecule has 0 radical (unpaired) electrons. The first kappa shape index (κ1) is 12.4. The third-order valence-electron chi connectivity index (χ3n) is 2.86. The SMILES string of the molecule is CCc1cc2n(Cc3cnc(Cl)s3)ccc(=O)n2n1. The molecule has 0 fully saturated rings. The molecule has 0 saturated heterocycles. The Kier molecular flexibility index (Phi) is 3.12. The highest BCUT2D eigenvalue weighted by Crippen LogP contribution is 2.19. The molecule has 98 valence electrons. The van der Waals surface area contributed by atoms with Crippen molar-refractivity contribution in [3.63, 3.8) is 0 Å². The molecular weight excluding hydrogens is 284 g/mol. The van der Waals surface area contributed by atoms with E-state index in [1.165, 1.54) is 21.9 Å². The minimum atomic E-state index is -0.117. The van der Waals surface area contributed by atoms with Gasteiger partial charge in [-0.25, -0.2) is 4.98 Å². The normalized spacial score (nSPS) is 11.3. The van der Waals surface area contributed by atoms with Crippen LogP contribution in [0.3, 0.4) is 0 Å². The second-order valence-electron chi connectivity index (χ2n) is 4.12. The van der Waals surface area contributed by atoms with Crippen molar-refractivity contribution >= 4 is 28.6 Å². The number of thiazole rings is 1. The minimum absolute atomic E-state index is 0.117. The summed E-state index contributed by atoms with van der Waals surface area (Å²) >= 11 is 7.26. The van der Waals surface area contributed by atoms with Gasteiger partial charge >= 0.3 is 0 Å². The molecule has 0 bridgehead atoms. The first-order valence-corrected chi connectivity index (χ1v) is 7.05. The van der Waals surface area contributed by atoms with E-state index in [1.54, 1.807) is 12.4 Å². The summed E-state index contributed by atoms with van der Waals surface area (Å²) in [5, 5.41) is 4.28. The van der Waals surface area contributed by atoms with Crippen molar-refractivity contribution in [1.29, 1.82) is 0 Å². The molecule has 3 aromatic heterocycles. The van der Waals surface area contributed by atoms with Gasteiger partial charge in [-0.05, 0) is 6.42 Å². The predicted octanol–water partition coefficient (Wildman–Crippen LogP) is 2.22. The molecule has 0 aliphatic carbocycles. The lowest BCUT2D eigenvalue weighted by atomic mass is 10.3. The van der Waals surface area contributed by atoms with Crippen LogP contribution in [0.25, 0.3) is 5.65 Å². The lowest BCUT2D eigenvalue weighted by molar-refractivity contribution is 0.765. The predicted molar refractivity (Wildman–Crippen MR) is 75.1 cm³/mol. The van der Waals surface area contributed by atoms with E-state index in [2.05, 4.69) is 10.1 Å². The highest BCUT2D eigenvalue weighted by Gasteiger charge is 2.08. The second-order valence-corrected chi connectivity index (χ2v) is 5.82. The highest BCUT2D eigenvalue weighted by atomic mass is 35.5. The lowest BCUT2D eigenvalue weighted by Gasteiger charge is -2.05. The van der Waals surface area contributed by atoms with Crippen LogP contribution in [0, 0.1) is 0 Å². The minimum Gasteiger partial charge on any atom is -0.327 e. The zero-order valence-electron chi connectivity index (χ0n) is 10.2. The molecule has 0 unspecified atom stereocenters. The summed E-state index contributed by atoms with van der Waals surface area (Å²) in [5.74, 6) is 0. The molecule has 7 heteroatoms. The topological polar surface area (TPSA) is 52.2 Å². The third kappa shape index (κ3) is 2.29. The molecular formula is C12H11ClN4OS. The van der Waals surface area contributed by atoms with E-state index >= 15 is 0 Å². The van der Waals surface area contributed by atoms with E-state index in [0.717, 1.165) is 22.6 Å². The van der Waals surface area contributed by atoms with Crippen molar-refractivity contribution in [1.82, 2.24) is 19.2 Å². The summed E-state index contributed by atoms with van der Waals surface area (Å²) in [6.45, 7) is 2.64. The molecule has 0 aliphatic heterocycles. The van der Waals surface area contributed by atoms with Gasteiger partial charge in [0.2, 0.25) is 0 Å². The van der Waals surface area contributed by atoms with Crippen molar-refractivity contribution in [3.05, 3.63) is 49.9 Å². The molecule has 5 nitrogen and oxygen atoms in total. The first-order valence-electron chi connectivity index (χ1n) is 5.85. The van der Waals surface area contributed by atoms with Crippen LogP contribution in [-0.2, 0) is 13.0 Å². The van der Waals surface area contributed by atoms with Crippen molar-refractivity contribution in [2.45, 2.75) is 19.9 Å². The average Bonchev–Trinajstić information content (AvgIpc) is 3.00. The molecule has 19 heavy (non-hydrogen) atoms. The molecule has 0 atom stereocenters. The van der Waals surface area contributed by atoms with Crippen LogP contribution in [-0.4, -0.2) is 19.2 Å². The number of fused-ring (bicyclic) bond motifs is 1. The Bertz CT molecular complexity index is 788. The molecule has 0 saturated carbocycles. The Balaban J connectivity index is 2.10. The number of halogens is 1. The number of aryl methyl sites for hydroxylation is 1. The van der Waals surface area contributed by atoms with Gasteiger partial charge in [0.25, 0.3) is 5.56 Å². The molecule has 0 aliphatic rings. The van der Waals surface area contributed by atoms with Gasteiger partial charge in [0.05, 0.1) is 12.2 Å². The standard InChI is InChI=1S/C12H11ClN4OS/c1-2-8-5-10-16(4-3-11(18)17(10)15-8)7-9-6-14-12(13)19-9/h3-6H,2,7H2,1H3. The second kappa shape index (κ2) is 4.79. The smallest absolute Gasteiger partial charge is 0.274 e. The van der Waals surface area contributed by atoms with Crippen LogP contribution in [0.4, 0.5) is 0 Å². The van der Waals surface area contributed by atoms with Crippen molar-refractivity contribution in [3.8, 4) is 0 Å². The Morgan fingerprint density at radius 3 is 3.00 bits per heavy atom. The summed E-state index contributed by atoms with van der Waals surface area (Å²) in [6.07, 6.45) is 4.32. The van der Waals surface area contributed by atoms with Crippen LogP contribution < -0.4 is 5.56 Å². The molecule has 3 rings (SSSR count). The van der Waals surface area contributed by atoms with Crippen LogP contribution >= 0.6 is 22.9 Å². The van der Waals surface area contributed by atoms with E-state index < -0.39 is 0 Å². The number of rotatable bonds is 3. The molecule has 0 amide bonds. The molecule has 3 aromatic rings. The van der Waals surface area contributed by atoms with Gasteiger partial charge in [-0.3, -0.25) is 4.79 Å². The van der Waals surface area contributed by atoms with E-state index in [-0.39, 0.29) is 5.56 Å². The quantitative estimate of drug-likeness (QED) is 0.744. The van der Waals surface area contributed by atoms with Crippen molar-refractivity contribution in [2.24, 2.45) is 0 Å². The average molecular weight is 295 g/mol. The van der Waals surface area contributed by atoms with Gasteiger partial charge in [-0.2, -0.15) is 9.61 Å². The van der Waals surface area contributed by atoms with E-state index in [4.69, 9.17) is 11.6 Å². The Labute approximate surface area is 118 Å². The fraction of sp³-hybridized carbons (Fsp3) is 0.250. The fourth-order valence-electron chi connectivity index (χ4n) is 1.92. The van der Waals surface area contributed by atoms with Gasteiger partial charge in [-0.1, -0.05) is 18.5 Å². The molecule has 0 spiro atoms. The maximum Gasteiger partial charge on any atom is 0.274 e. The van der Waals surface area contributed by atoms with Gasteiger partial charge in [0.1, 0.15) is 5.65 Å². The zero-order valence-corrected chi connectivity index (χ0v) is 11.8. The largest absolute Gasteiger partial charge is 0.327 e. The summed E-state index contributed by atoms with van der Waals surface area (Å²) in [4.78, 5) is 16.8. The number of aromatic nitrogens is 4. The van der Waals surface area contributed by atoms with Gasteiger partial charge in [0.15, 0.2) is 4.47 Å². The third-order valence-corrected chi connectivity index (χ3v) is 3.95. The highest BCUT2D eigenvalue weighted by molar-refractivity contribution is 7.15. The van der Waals surface area contributed by atoms with Crippen LogP contribution in [0.1, 0.15) is 17.5 Å². The summed E-state index contributed by atoms with van der Waals surface area (Å²) < 4.78 is 3.92. The molecule has 0 aromatic carbocycles. The Hall–Kier alpha value is -1.66. The first-order chi connectivity index (χ1) is 9.17. The Morgan fingerprint density at radius 1 is 1.47 bits per heavy atom. The van der Waals surface area contributed by atoms with E-state index in [0.29, 0.717) is 11.0 Å². The fourth-order valence-corrected chi connectivity index (χ4v) is 2.89. The van der Waals surface area contributed by atoms with Crippen LogP contribution in [0.5, 0.6) is 0 Å². The maximum atomic E-state index is 11.8. The zero-order chi connectivity index (χ0) is 13.4. The van der Waals surface area contributed by atoms with Gasteiger partial charge in [-0.15, -0.1) is 11.3 Å².